The largest absolute Gasteiger partial charge is 0.466 e. The Morgan fingerprint density at radius 3 is 2.16 bits per heavy atom. The topological polar surface area (TPSA) is 61.8 Å². The Morgan fingerprint density at radius 1 is 0.710 bits per heavy atom. The van der Waals surface area contributed by atoms with Gasteiger partial charge in [0, 0.05) is 12.8 Å². The zero-order valence-corrected chi connectivity index (χ0v) is 18.5. The van der Waals surface area contributed by atoms with Crippen LogP contribution in [0.3, 0.4) is 0 Å². The van der Waals surface area contributed by atoms with Crippen LogP contribution in [-0.2, 0) is 25.7 Å². The van der Waals surface area contributed by atoms with Gasteiger partial charge in [-0.1, -0.05) is 69.4 Å². The quantitative estimate of drug-likeness (QED) is 0.237. The first-order valence-corrected chi connectivity index (χ1v) is 11.3. The van der Waals surface area contributed by atoms with Crippen LogP contribution in [0.1, 0.15) is 70.3 Å². The molecular formula is C26H34O5. The summed E-state index contributed by atoms with van der Waals surface area (Å²) in [6, 6.07) is 17.0. The van der Waals surface area contributed by atoms with Gasteiger partial charge in [-0.3, -0.25) is 9.59 Å². The minimum absolute atomic E-state index is 0.174. The number of hydrogen-bond acceptors (Lipinski definition) is 5. The van der Waals surface area contributed by atoms with Gasteiger partial charge >= 0.3 is 11.9 Å². The van der Waals surface area contributed by atoms with Crippen molar-refractivity contribution in [2.75, 3.05) is 6.61 Å². The van der Waals surface area contributed by atoms with Crippen molar-refractivity contribution in [3.63, 3.8) is 0 Å². The van der Waals surface area contributed by atoms with Crippen molar-refractivity contribution in [3.05, 3.63) is 60.2 Å². The monoisotopic (exact) mass is 426 g/mol. The zero-order chi connectivity index (χ0) is 22.2. The normalized spacial score (nSPS) is 10.5. The third-order valence-corrected chi connectivity index (χ3v) is 4.80. The van der Waals surface area contributed by atoms with Crippen LogP contribution in [-0.4, -0.2) is 18.5 Å². The van der Waals surface area contributed by atoms with E-state index in [2.05, 4.69) is 6.92 Å². The lowest BCUT2D eigenvalue weighted by molar-refractivity contribution is -0.146. The van der Waals surface area contributed by atoms with Gasteiger partial charge in [-0.05, 0) is 42.7 Å². The Labute approximate surface area is 185 Å². The second-order valence-corrected chi connectivity index (χ2v) is 7.56. The number of carbonyl (C=O) groups is 2. The maximum absolute atomic E-state index is 12.0. The predicted molar refractivity (Wildman–Crippen MR) is 121 cm³/mol. The molecule has 2 aromatic carbocycles. The SMILES string of the molecule is CCCCCCCCOC(=O)CCCC(=O)OCc1cccc(Oc2ccccc2)c1. The van der Waals surface area contributed by atoms with Crippen molar-refractivity contribution in [1.82, 2.24) is 0 Å². The van der Waals surface area contributed by atoms with Crippen molar-refractivity contribution < 1.29 is 23.8 Å². The number of unbranched alkanes of at least 4 members (excludes halogenated alkanes) is 5. The standard InChI is InChI=1S/C26H34O5/c1-2-3-4-5-6-10-19-29-25(27)17-12-18-26(28)30-21-22-13-11-16-24(20-22)31-23-14-8-7-9-15-23/h7-9,11,13-16,20H,2-6,10,12,17-19,21H2,1H3. The van der Waals surface area contributed by atoms with Crippen LogP contribution in [0.15, 0.2) is 54.6 Å². The first kappa shape index (κ1) is 24.4. The van der Waals surface area contributed by atoms with Crippen LogP contribution in [0.5, 0.6) is 11.5 Å². The van der Waals surface area contributed by atoms with E-state index in [1.54, 1.807) is 0 Å². The maximum Gasteiger partial charge on any atom is 0.306 e. The summed E-state index contributed by atoms with van der Waals surface area (Å²) in [5.41, 5.74) is 0.847. The number of benzene rings is 2. The second-order valence-electron chi connectivity index (χ2n) is 7.56. The minimum Gasteiger partial charge on any atom is -0.466 e. The molecule has 0 saturated heterocycles. The fraction of sp³-hybridized carbons (Fsp3) is 0.462. The molecule has 0 heterocycles. The van der Waals surface area contributed by atoms with Crippen LogP contribution in [0.4, 0.5) is 0 Å². The summed E-state index contributed by atoms with van der Waals surface area (Å²) in [4.78, 5) is 23.7. The van der Waals surface area contributed by atoms with Crippen LogP contribution in [0.25, 0.3) is 0 Å². The van der Waals surface area contributed by atoms with Crippen molar-refractivity contribution in [3.8, 4) is 11.5 Å². The summed E-state index contributed by atoms with van der Waals surface area (Å²) in [6.45, 7) is 2.83. The highest BCUT2D eigenvalue weighted by Crippen LogP contribution is 2.22. The van der Waals surface area contributed by atoms with E-state index in [-0.39, 0.29) is 31.4 Å². The lowest BCUT2D eigenvalue weighted by atomic mass is 10.1. The van der Waals surface area contributed by atoms with Gasteiger partial charge < -0.3 is 14.2 Å². The maximum atomic E-state index is 12.0. The van der Waals surface area contributed by atoms with Crippen LogP contribution in [0, 0.1) is 0 Å². The van der Waals surface area contributed by atoms with Gasteiger partial charge in [-0.2, -0.15) is 0 Å². The lowest BCUT2D eigenvalue weighted by Crippen LogP contribution is -2.09. The van der Waals surface area contributed by atoms with Crippen molar-refractivity contribution in [1.29, 1.82) is 0 Å². The summed E-state index contributed by atoms with van der Waals surface area (Å²) >= 11 is 0. The van der Waals surface area contributed by atoms with E-state index in [1.807, 2.05) is 54.6 Å². The molecule has 0 aromatic heterocycles. The van der Waals surface area contributed by atoms with Crippen LogP contribution >= 0.6 is 0 Å². The van der Waals surface area contributed by atoms with Crippen LogP contribution < -0.4 is 4.74 Å². The van der Waals surface area contributed by atoms with Crippen molar-refractivity contribution >= 4 is 11.9 Å². The number of para-hydroxylation sites is 1. The van der Waals surface area contributed by atoms with Gasteiger partial charge in [0.15, 0.2) is 0 Å². The van der Waals surface area contributed by atoms with Crippen LogP contribution in [0.2, 0.25) is 0 Å². The van der Waals surface area contributed by atoms with Gasteiger partial charge in [-0.15, -0.1) is 0 Å². The summed E-state index contributed by atoms with van der Waals surface area (Å²) in [5.74, 6) is 0.873. The molecule has 0 aliphatic rings. The molecule has 2 rings (SSSR count). The van der Waals surface area contributed by atoms with Gasteiger partial charge in [0.05, 0.1) is 6.61 Å². The third-order valence-electron chi connectivity index (χ3n) is 4.80. The van der Waals surface area contributed by atoms with E-state index < -0.39 is 0 Å². The molecular weight excluding hydrogens is 392 g/mol. The lowest BCUT2D eigenvalue weighted by Gasteiger charge is -2.09. The fourth-order valence-electron chi connectivity index (χ4n) is 3.08. The van der Waals surface area contributed by atoms with E-state index in [4.69, 9.17) is 14.2 Å². The minimum atomic E-state index is -0.321. The molecule has 168 valence electrons. The molecule has 0 atom stereocenters. The van der Waals surface area contributed by atoms with Crippen molar-refractivity contribution in [2.45, 2.75) is 71.3 Å². The Balaban J connectivity index is 1.56. The smallest absolute Gasteiger partial charge is 0.306 e. The molecule has 0 spiro atoms. The van der Waals surface area contributed by atoms with E-state index in [0.29, 0.717) is 18.8 Å². The second kappa shape index (κ2) is 15.1. The highest BCUT2D eigenvalue weighted by atomic mass is 16.5. The number of hydrogen-bond donors (Lipinski definition) is 0. The van der Waals surface area contributed by atoms with E-state index in [0.717, 1.165) is 24.2 Å². The molecule has 5 nitrogen and oxygen atoms in total. The summed E-state index contributed by atoms with van der Waals surface area (Å²) < 4.78 is 16.3. The van der Waals surface area contributed by atoms with Gasteiger partial charge in [-0.25, -0.2) is 0 Å². The van der Waals surface area contributed by atoms with E-state index in [9.17, 15) is 9.59 Å². The molecule has 0 saturated carbocycles. The van der Waals surface area contributed by atoms with Gasteiger partial charge in [0.25, 0.3) is 0 Å². The predicted octanol–water partition coefficient (Wildman–Crippen LogP) is 6.60. The van der Waals surface area contributed by atoms with E-state index in [1.165, 1.54) is 25.7 Å². The molecule has 0 amide bonds. The molecule has 0 radical (unpaired) electrons. The summed E-state index contributed by atoms with van der Waals surface area (Å²) in [5, 5.41) is 0. The molecule has 0 aliphatic heterocycles. The van der Waals surface area contributed by atoms with Crippen molar-refractivity contribution in [2.24, 2.45) is 0 Å². The number of esters is 2. The molecule has 5 heteroatoms. The highest BCUT2D eigenvalue weighted by molar-refractivity contribution is 5.72. The molecule has 0 fully saturated rings. The zero-order valence-electron chi connectivity index (χ0n) is 18.5. The third kappa shape index (κ3) is 11.2. The molecule has 0 unspecified atom stereocenters. The average molecular weight is 427 g/mol. The Kier molecular flexibility index (Phi) is 11.9. The number of carbonyl (C=O) groups excluding carboxylic acids is 2. The summed E-state index contributed by atoms with van der Waals surface area (Å²) in [6.07, 6.45) is 7.81. The summed E-state index contributed by atoms with van der Waals surface area (Å²) in [7, 11) is 0. The number of ether oxygens (including phenoxy) is 3. The van der Waals surface area contributed by atoms with Gasteiger partial charge in [0.1, 0.15) is 18.1 Å². The molecule has 2 aromatic rings. The molecule has 0 bridgehead atoms. The first-order chi connectivity index (χ1) is 15.2. The Bertz CT molecular complexity index is 772. The first-order valence-electron chi connectivity index (χ1n) is 11.3. The molecule has 0 aliphatic carbocycles. The Morgan fingerprint density at radius 2 is 1.39 bits per heavy atom. The Hall–Kier alpha value is -2.82. The number of rotatable bonds is 15. The fourth-order valence-corrected chi connectivity index (χ4v) is 3.08. The molecule has 0 N–H and O–H groups in total. The van der Waals surface area contributed by atoms with Gasteiger partial charge in [0.2, 0.25) is 0 Å². The average Bonchev–Trinajstić information content (AvgIpc) is 2.78. The molecule has 31 heavy (non-hydrogen) atoms. The van der Waals surface area contributed by atoms with E-state index >= 15 is 0 Å². The highest BCUT2D eigenvalue weighted by Gasteiger charge is 2.08.